The van der Waals surface area contributed by atoms with Crippen LogP contribution in [0.5, 0.6) is 5.75 Å². The Bertz CT molecular complexity index is 953. The highest BCUT2D eigenvalue weighted by Crippen LogP contribution is 2.30. The Balaban J connectivity index is 2.20. The molecule has 0 amide bonds. The number of hydrogen-bond donors (Lipinski definition) is 0. The lowest BCUT2D eigenvalue weighted by atomic mass is 10.1. The number of fused-ring (bicyclic) bond motifs is 3. The van der Waals surface area contributed by atoms with Crippen molar-refractivity contribution >= 4 is 21.8 Å². The summed E-state index contributed by atoms with van der Waals surface area (Å²) < 4.78 is 8.86. The van der Waals surface area contributed by atoms with Gasteiger partial charge in [-0.3, -0.25) is 4.79 Å². The monoisotopic (exact) mass is 328 g/mol. The molecule has 24 heavy (non-hydrogen) atoms. The van der Waals surface area contributed by atoms with E-state index in [9.17, 15) is 4.79 Å². The minimum absolute atomic E-state index is 0.0352. The van der Waals surface area contributed by atoms with Crippen LogP contribution in [0.4, 0.5) is 0 Å². The number of nitrogens with zero attached hydrogens (tertiary/aromatic N) is 4. The highest BCUT2D eigenvalue weighted by Gasteiger charge is 2.17. The summed E-state index contributed by atoms with van der Waals surface area (Å²) in [5.41, 5.74) is 2.53. The summed E-state index contributed by atoms with van der Waals surface area (Å²) in [7, 11) is 7.63. The van der Waals surface area contributed by atoms with Gasteiger partial charge < -0.3 is 14.2 Å². The summed E-state index contributed by atoms with van der Waals surface area (Å²) in [5, 5.41) is 6.52. The molecule has 0 bridgehead atoms. The lowest BCUT2D eigenvalue weighted by Gasteiger charge is -2.11. The number of rotatable bonds is 5. The third-order valence-electron chi connectivity index (χ3n) is 4.45. The first-order valence-corrected chi connectivity index (χ1v) is 8.12. The van der Waals surface area contributed by atoms with Gasteiger partial charge in [0.25, 0.3) is 5.56 Å². The molecule has 0 radical (unpaired) electrons. The first-order chi connectivity index (χ1) is 11.4. The molecule has 0 aliphatic heterocycles. The molecule has 0 N–H and O–H groups in total. The molecule has 6 nitrogen and oxygen atoms in total. The van der Waals surface area contributed by atoms with Crippen molar-refractivity contribution in [3.8, 4) is 5.75 Å². The zero-order chi connectivity index (χ0) is 17.4. The molecule has 0 atom stereocenters. The molecular weight excluding hydrogens is 304 g/mol. The second-order valence-electron chi connectivity index (χ2n) is 6.44. The van der Waals surface area contributed by atoms with Gasteiger partial charge in [0.2, 0.25) is 0 Å². The molecule has 0 saturated carbocycles. The van der Waals surface area contributed by atoms with Gasteiger partial charge in [-0.05, 0) is 46.1 Å². The van der Waals surface area contributed by atoms with Crippen molar-refractivity contribution in [2.75, 3.05) is 27.7 Å². The van der Waals surface area contributed by atoms with Gasteiger partial charge in [-0.25, -0.2) is 4.68 Å². The predicted molar refractivity (Wildman–Crippen MR) is 96.9 cm³/mol. The van der Waals surface area contributed by atoms with Crippen LogP contribution in [-0.4, -0.2) is 47.0 Å². The van der Waals surface area contributed by atoms with E-state index in [1.54, 1.807) is 11.8 Å². The molecule has 0 unspecified atom stereocenters. The standard InChI is InChI=1S/C18H24N4O2/c1-12-16-14-8-7-13(24-5)11-15(14)21(4)17(16)18(23)22(19-12)10-6-9-20(2)3/h7-8,11H,6,9-10H2,1-5H3. The number of methoxy groups -OCH3 is 1. The van der Waals surface area contributed by atoms with Crippen LogP contribution in [0.3, 0.4) is 0 Å². The molecule has 0 spiro atoms. The summed E-state index contributed by atoms with van der Waals surface area (Å²) in [4.78, 5) is 15.0. The van der Waals surface area contributed by atoms with E-state index >= 15 is 0 Å². The van der Waals surface area contributed by atoms with Crippen molar-refractivity contribution in [3.05, 3.63) is 34.2 Å². The number of aromatic nitrogens is 3. The molecule has 0 fully saturated rings. The van der Waals surface area contributed by atoms with E-state index in [0.717, 1.165) is 40.7 Å². The first kappa shape index (κ1) is 16.5. The molecule has 1 aromatic carbocycles. The van der Waals surface area contributed by atoms with Crippen LogP contribution in [0.2, 0.25) is 0 Å². The topological polar surface area (TPSA) is 52.3 Å². The zero-order valence-corrected chi connectivity index (χ0v) is 15.0. The van der Waals surface area contributed by atoms with E-state index in [2.05, 4.69) is 10.00 Å². The van der Waals surface area contributed by atoms with E-state index in [4.69, 9.17) is 4.74 Å². The fourth-order valence-corrected chi connectivity index (χ4v) is 3.25. The fourth-order valence-electron chi connectivity index (χ4n) is 3.25. The summed E-state index contributed by atoms with van der Waals surface area (Å²) in [6, 6.07) is 5.88. The lowest BCUT2D eigenvalue weighted by molar-refractivity contribution is 0.377. The van der Waals surface area contributed by atoms with Gasteiger partial charge in [0.05, 0.1) is 18.3 Å². The molecule has 0 aliphatic rings. The SMILES string of the molecule is COc1ccc2c3c(C)nn(CCCN(C)C)c(=O)c3n(C)c2c1. The smallest absolute Gasteiger partial charge is 0.291 e. The second-order valence-corrected chi connectivity index (χ2v) is 6.44. The van der Waals surface area contributed by atoms with Crippen molar-refractivity contribution in [1.82, 2.24) is 19.2 Å². The molecule has 6 heteroatoms. The number of ether oxygens (including phenoxy) is 1. The van der Waals surface area contributed by atoms with E-state index in [1.165, 1.54) is 0 Å². The maximum atomic E-state index is 12.9. The van der Waals surface area contributed by atoms with E-state index < -0.39 is 0 Å². The lowest BCUT2D eigenvalue weighted by Crippen LogP contribution is -2.27. The minimum atomic E-state index is -0.0352. The zero-order valence-electron chi connectivity index (χ0n) is 15.0. The van der Waals surface area contributed by atoms with Crippen LogP contribution in [0, 0.1) is 6.92 Å². The van der Waals surface area contributed by atoms with Crippen LogP contribution in [-0.2, 0) is 13.6 Å². The number of aryl methyl sites for hydroxylation is 3. The van der Waals surface area contributed by atoms with Crippen LogP contribution in [0.25, 0.3) is 21.8 Å². The van der Waals surface area contributed by atoms with E-state index in [-0.39, 0.29) is 5.56 Å². The maximum Gasteiger partial charge on any atom is 0.291 e. The maximum absolute atomic E-state index is 12.9. The quantitative estimate of drug-likeness (QED) is 0.720. The average Bonchev–Trinajstić information content (AvgIpc) is 2.85. The van der Waals surface area contributed by atoms with Crippen LogP contribution >= 0.6 is 0 Å². The van der Waals surface area contributed by atoms with Gasteiger partial charge >= 0.3 is 0 Å². The molecule has 0 saturated heterocycles. The van der Waals surface area contributed by atoms with Gasteiger partial charge in [-0.15, -0.1) is 0 Å². The van der Waals surface area contributed by atoms with Crippen molar-refractivity contribution in [3.63, 3.8) is 0 Å². The van der Waals surface area contributed by atoms with Gasteiger partial charge in [-0.1, -0.05) is 0 Å². The Morgan fingerprint density at radius 3 is 2.71 bits per heavy atom. The Hall–Kier alpha value is -2.34. The van der Waals surface area contributed by atoms with Crippen LogP contribution in [0.1, 0.15) is 12.1 Å². The largest absolute Gasteiger partial charge is 0.497 e. The Kier molecular flexibility index (Phi) is 4.32. The van der Waals surface area contributed by atoms with Gasteiger partial charge in [0.1, 0.15) is 11.3 Å². The molecule has 2 aromatic heterocycles. The Morgan fingerprint density at radius 2 is 2.04 bits per heavy atom. The van der Waals surface area contributed by atoms with Crippen LogP contribution < -0.4 is 10.3 Å². The predicted octanol–water partition coefficient (Wildman–Crippen LogP) is 2.16. The van der Waals surface area contributed by atoms with Crippen molar-refractivity contribution in [2.45, 2.75) is 19.9 Å². The Labute approximate surface area is 141 Å². The summed E-state index contributed by atoms with van der Waals surface area (Å²) in [6.45, 7) is 3.52. The van der Waals surface area contributed by atoms with E-state index in [1.807, 2.05) is 50.8 Å². The van der Waals surface area contributed by atoms with E-state index in [0.29, 0.717) is 12.1 Å². The summed E-state index contributed by atoms with van der Waals surface area (Å²) in [5.74, 6) is 0.783. The summed E-state index contributed by atoms with van der Waals surface area (Å²) >= 11 is 0. The number of benzene rings is 1. The van der Waals surface area contributed by atoms with Crippen molar-refractivity contribution in [2.24, 2.45) is 7.05 Å². The van der Waals surface area contributed by atoms with Gasteiger partial charge in [0.15, 0.2) is 0 Å². The molecule has 3 rings (SSSR count). The molecule has 2 heterocycles. The van der Waals surface area contributed by atoms with Gasteiger partial charge in [-0.2, -0.15) is 5.10 Å². The molecule has 0 aliphatic carbocycles. The van der Waals surface area contributed by atoms with Crippen molar-refractivity contribution in [1.29, 1.82) is 0 Å². The third kappa shape index (κ3) is 2.67. The average molecular weight is 328 g/mol. The molecular formula is C18H24N4O2. The normalized spacial score (nSPS) is 11.8. The number of hydrogen-bond acceptors (Lipinski definition) is 4. The fraction of sp³-hybridized carbons (Fsp3) is 0.444. The molecule has 3 aromatic rings. The minimum Gasteiger partial charge on any atom is -0.497 e. The van der Waals surface area contributed by atoms with Crippen LogP contribution in [0.15, 0.2) is 23.0 Å². The van der Waals surface area contributed by atoms with Crippen molar-refractivity contribution < 1.29 is 4.74 Å². The van der Waals surface area contributed by atoms with Gasteiger partial charge in [0, 0.05) is 30.4 Å². The Morgan fingerprint density at radius 1 is 1.29 bits per heavy atom. The molecule has 128 valence electrons. The highest BCUT2D eigenvalue weighted by molar-refractivity contribution is 6.09. The first-order valence-electron chi connectivity index (χ1n) is 8.12. The third-order valence-corrected chi connectivity index (χ3v) is 4.45. The summed E-state index contributed by atoms with van der Waals surface area (Å²) in [6.07, 6.45) is 0.891. The second kappa shape index (κ2) is 6.28. The highest BCUT2D eigenvalue weighted by atomic mass is 16.5.